The summed E-state index contributed by atoms with van der Waals surface area (Å²) in [6.07, 6.45) is 9.39. The SMILES string of the molecule is O=C(N1CC(Oc2ncccc2Br)C1)C12CC3CC(CC(C3)C1)C2. The molecule has 0 spiro atoms. The van der Waals surface area contributed by atoms with Crippen molar-refractivity contribution in [3.05, 3.63) is 22.8 Å². The van der Waals surface area contributed by atoms with Gasteiger partial charge in [0.25, 0.3) is 0 Å². The lowest BCUT2D eigenvalue weighted by atomic mass is 9.49. The van der Waals surface area contributed by atoms with Crippen molar-refractivity contribution in [2.75, 3.05) is 13.1 Å². The van der Waals surface area contributed by atoms with Crippen molar-refractivity contribution in [3.8, 4) is 5.88 Å². The number of ether oxygens (including phenoxy) is 1. The van der Waals surface area contributed by atoms with E-state index in [2.05, 4.69) is 20.9 Å². The number of amides is 1. The van der Waals surface area contributed by atoms with Crippen molar-refractivity contribution in [2.24, 2.45) is 23.2 Å². The Morgan fingerprint density at radius 1 is 1.17 bits per heavy atom. The third-order valence-electron chi connectivity index (χ3n) is 6.63. The van der Waals surface area contributed by atoms with Gasteiger partial charge in [-0.05, 0) is 84.3 Å². The first-order valence-electron chi connectivity index (χ1n) is 9.18. The molecular weight excluding hydrogens is 368 g/mol. The Hall–Kier alpha value is -1.10. The molecule has 5 fully saturated rings. The molecule has 1 aromatic rings. The Bertz CT molecular complexity index is 636. The molecule has 128 valence electrons. The van der Waals surface area contributed by atoms with Gasteiger partial charge in [0.15, 0.2) is 0 Å². The number of nitrogens with zero attached hydrogens (tertiary/aromatic N) is 2. The molecule has 5 heteroatoms. The average Bonchev–Trinajstić information content (AvgIpc) is 2.50. The maximum absolute atomic E-state index is 13.2. The Balaban J connectivity index is 1.23. The van der Waals surface area contributed by atoms with Crippen LogP contribution in [-0.2, 0) is 4.79 Å². The molecule has 0 unspecified atom stereocenters. The maximum atomic E-state index is 13.2. The van der Waals surface area contributed by atoms with Gasteiger partial charge < -0.3 is 9.64 Å². The van der Waals surface area contributed by atoms with Crippen molar-refractivity contribution < 1.29 is 9.53 Å². The van der Waals surface area contributed by atoms with E-state index in [1.54, 1.807) is 6.20 Å². The number of pyridine rings is 1. The zero-order valence-corrected chi connectivity index (χ0v) is 15.4. The van der Waals surface area contributed by atoms with E-state index < -0.39 is 0 Å². The quantitative estimate of drug-likeness (QED) is 0.790. The molecule has 4 saturated carbocycles. The molecule has 1 aromatic heterocycles. The number of rotatable bonds is 3. The van der Waals surface area contributed by atoms with Crippen molar-refractivity contribution in [2.45, 2.75) is 44.6 Å². The molecular formula is C19H23BrN2O2. The summed E-state index contributed by atoms with van der Waals surface area (Å²) in [7, 11) is 0. The molecule has 0 aromatic carbocycles. The molecule has 1 amide bonds. The zero-order chi connectivity index (χ0) is 16.3. The minimum Gasteiger partial charge on any atom is -0.470 e. The van der Waals surface area contributed by atoms with E-state index >= 15 is 0 Å². The Kier molecular flexibility index (Phi) is 3.45. The van der Waals surface area contributed by atoms with Crippen LogP contribution in [0.2, 0.25) is 0 Å². The van der Waals surface area contributed by atoms with E-state index in [0.717, 1.165) is 41.5 Å². The largest absolute Gasteiger partial charge is 0.470 e. The van der Waals surface area contributed by atoms with Gasteiger partial charge in [-0.15, -0.1) is 0 Å². The second-order valence-corrected chi connectivity index (χ2v) is 9.29. The first kappa shape index (κ1) is 15.2. The standard InChI is InChI=1S/C19H23BrN2O2/c20-16-2-1-3-21-17(16)24-15-10-22(11-15)18(23)19-7-12-4-13(8-19)6-14(5-12)9-19/h1-3,12-15H,4-11H2. The number of hydrogen-bond donors (Lipinski definition) is 0. The highest BCUT2D eigenvalue weighted by atomic mass is 79.9. The Labute approximate surface area is 151 Å². The summed E-state index contributed by atoms with van der Waals surface area (Å²) >= 11 is 3.46. The molecule has 4 bridgehead atoms. The van der Waals surface area contributed by atoms with Gasteiger partial charge in [0, 0.05) is 6.20 Å². The molecule has 1 aliphatic heterocycles. The van der Waals surface area contributed by atoms with Gasteiger partial charge in [0.05, 0.1) is 23.0 Å². The summed E-state index contributed by atoms with van der Waals surface area (Å²) in [6, 6.07) is 3.81. The molecule has 0 radical (unpaired) electrons. The fourth-order valence-corrected chi connectivity index (χ4v) is 6.35. The fourth-order valence-electron chi connectivity index (χ4n) is 6.00. The molecule has 6 rings (SSSR count). The Morgan fingerprint density at radius 3 is 2.38 bits per heavy atom. The van der Waals surface area contributed by atoms with E-state index in [1.807, 2.05) is 17.0 Å². The van der Waals surface area contributed by atoms with Crippen molar-refractivity contribution in [1.29, 1.82) is 0 Å². The highest BCUT2D eigenvalue weighted by Crippen LogP contribution is 2.60. The van der Waals surface area contributed by atoms with Crippen molar-refractivity contribution >= 4 is 21.8 Å². The molecule has 0 N–H and O–H groups in total. The van der Waals surface area contributed by atoms with Gasteiger partial charge in [0.2, 0.25) is 11.8 Å². The molecule has 24 heavy (non-hydrogen) atoms. The van der Waals surface area contributed by atoms with Gasteiger partial charge >= 0.3 is 0 Å². The van der Waals surface area contributed by atoms with Crippen LogP contribution >= 0.6 is 15.9 Å². The maximum Gasteiger partial charge on any atom is 0.229 e. The van der Waals surface area contributed by atoms with Gasteiger partial charge in [-0.25, -0.2) is 4.98 Å². The van der Waals surface area contributed by atoms with Crippen LogP contribution in [0.1, 0.15) is 38.5 Å². The molecule has 1 saturated heterocycles. The predicted octanol–water partition coefficient (Wildman–Crippen LogP) is 3.65. The van der Waals surface area contributed by atoms with Crippen LogP contribution in [0.3, 0.4) is 0 Å². The van der Waals surface area contributed by atoms with E-state index in [0.29, 0.717) is 24.9 Å². The van der Waals surface area contributed by atoms with Crippen LogP contribution in [0.25, 0.3) is 0 Å². The van der Waals surface area contributed by atoms with Gasteiger partial charge in [-0.3, -0.25) is 4.79 Å². The lowest BCUT2D eigenvalue weighted by molar-refractivity contribution is -0.166. The summed E-state index contributed by atoms with van der Waals surface area (Å²) in [4.78, 5) is 19.5. The van der Waals surface area contributed by atoms with E-state index in [1.165, 1.54) is 19.3 Å². The number of aromatic nitrogens is 1. The average molecular weight is 391 g/mol. The zero-order valence-electron chi connectivity index (χ0n) is 13.8. The summed E-state index contributed by atoms with van der Waals surface area (Å²) in [5.74, 6) is 3.50. The lowest BCUT2D eigenvalue weighted by Crippen LogP contribution is -2.62. The van der Waals surface area contributed by atoms with Crippen molar-refractivity contribution in [1.82, 2.24) is 9.88 Å². The topological polar surface area (TPSA) is 42.4 Å². The number of carbonyl (C=O) groups is 1. The third-order valence-corrected chi connectivity index (χ3v) is 7.23. The summed E-state index contributed by atoms with van der Waals surface area (Å²) in [6.45, 7) is 1.42. The smallest absolute Gasteiger partial charge is 0.229 e. The number of halogens is 1. The summed E-state index contributed by atoms with van der Waals surface area (Å²) in [5, 5.41) is 0. The number of hydrogen-bond acceptors (Lipinski definition) is 3. The molecule has 5 aliphatic rings. The van der Waals surface area contributed by atoms with Crippen LogP contribution in [0, 0.1) is 23.2 Å². The van der Waals surface area contributed by atoms with Crippen LogP contribution in [0.4, 0.5) is 0 Å². The predicted molar refractivity (Wildman–Crippen MR) is 93.5 cm³/mol. The van der Waals surface area contributed by atoms with Gasteiger partial charge in [0.1, 0.15) is 6.10 Å². The first-order valence-corrected chi connectivity index (χ1v) is 9.97. The summed E-state index contributed by atoms with van der Waals surface area (Å²) in [5.41, 5.74) is -0.0225. The monoisotopic (exact) mass is 390 g/mol. The highest BCUT2D eigenvalue weighted by Gasteiger charge is 2.56. The van der Waals surface area contributed by atoms with E-state index in [9.17, 15) is 4.79 Å². The van der Waals surface area contributed by atoms with Crippen LogP contribution in [0.5, 0.6) is 5.88 Å². The van der Waals surface area contributed by atoms with Crippen molar-refractivity contribution in [3.63, 3.8) is 0 Å². The fraction of sp³-hybridized carbons (Fsp3) is 0.684. The van der Waals surface area contributed by atoms with E-state index in [-0.39, 0.29) is 11.5 Å². The minimum absolute atomic E-state index is 0.0225. The first-order chi connectivity index (χ1) is 11.6. The summed E-state index contributed by atoms with van der Waals surface area (Å²) < 4.78 is 6.80. The molecule has 2 heterocycles. The molecule has 0 atom stereocenters. The Morgan fingerprint density at radius 2 is 1.79 bits per heavy atom. The normalized spacial score (nSPS) is 37.4. The minimum atomic E-state index is -0.0225. The highest BCUT2D eigenvalue weighted by molar-refractivity contribution is 9.10. The van der Waals surface area contributed by atoms with Crippen LogP contribution in [-0.4, -0.2) is 35.0 Å². The second kappa shape index (κ2) is 5.45. The van der Waals surface area contributed by atoms with Crippen LogP contribution < -0.4 is 4.74 Å². The van der Waals surface area contributed by atoms with Gasteiger partial charge in [-0.1, -0.05) is 0 Å². The number of likely N-dealkylation sites (tertiary alicyclic amines) is 1. The molecule has 4 nitrogen and oxygen atoms in total. The lowest BCUT2D eigenvalue weighted by Gasteiger charge is -2.57. The molecule has 4 aliphatic carbocycles. The van der Waals surface area contributed by atoms with Gasteiger partial charge in [-0.2, -0.15) is 0 Å². The van der Waals surface area contributed by atoms with E-state index in [4.69, 9.17) is 4.74 Å². The number of carbonyl (C=O) groups excluding carboxylic acids is 1. The second-order valence-electron chi connectivity index (χ2n) is 8.44. The third kappa shape index (κ3) is 2.39. The van der Waals surface area contributed by atoms with Crippen LogP contribution in [0.15, 0.2) is 22.8 Å².